The Balaban J connectivity index is 1.87. The summed E-state index contributed by atoms with van der Waals surface area (Å²) in [5.41, 5.74) is 2.70. The van der Waals surface area contributed by atoms with Crippen molar-refractivity contribution in [3.05, 3.63) is 84.3 Å². The maximum atomic E-state index is 12.9. The molecule has 4 heteroatoms. The first-order valence-corrected chi connectivity index (χ1v) is 7.86. The highest BCUT2D eigenvalue weighted by Crippen LogP contribution is 2.26. The van der Waals surface area contributed by atoms with Crippen LogP contribution in [0, 0.1) is 0 Å². The maximum Gasteiger partial charge on any atom is 0.290 e. The molecule has 0 saturated carbocycles. The number of aliphatic hydroxyl groups excluding tert-OH is 1. The summed E-state index contributed by atoms with van der Waals surface area (Å²) in [6.45, 7) is 0.581. The average Bonchev–Trinajstić information content (AvgIpc) is 3.12. The fourth-order valence-corrected chi connectivity index (χ4v) is 2.64. The monoisotopic (exact) mass is 321 g/mol. The lowest BCUT2D eigenvalue weighted by atomic mass is 10.1. The molecule has 3 aromatic rings. The Labute approximate surface area is 141 Å². The average molecular weight is 321 g/mol. The maximum absolute atomic E-state index is 12.9. The summed E-state index contributed by atoms with van der Waals surface area (Å²) in [6, 6.07) is 21.2. The highest BCUT2D eigenvalue weighted by atomic mass is 16.3. The largest absolute Gasteiger partial charge is 0.459 e. The van der Waals surface area contributed by atoms with Crippen LogP contribution >= 0.6 is 0 Å². The van der Waals surface area contributed by atoms with Gasteiger partial charge in [-0.2, -0.15) is 0 Å². The number of hydrogen-bond acceptors (Lipinski definition) is 3. The van der Waals surface area contributed by atoms with Crippen molar-refractivity contribution in [2.45, 2.75) is 6.54 Å². The third kappa shape index (κ3) is 3.55. The van der Waals surface area contributed by atoms with Crippen LogP contribution in [0.1, 0.15) is 16.1 Å². The van der Waals surface area contributed by atoms with Crippen molar-refractivity contribution in [1.82, 2.24) is 4.90 Å². The fourth-order valence-electron chi connectivity index (χ4n) is 2.64. The van der Waals surface area contributed by atoms with Crippen LogP contribution < -0.4 is 0 Å². The second kappa shape index (κ2) is 7.62. The Hall–Kier alpha value is -2.85. The second-order valence-electron chi connectivity index (χ2n) is 5.47. The third-order valence-corrected chi connectivity index (χ3v) is 3.82. The standard InChI is InChI=1S/C20H19NO3/c22-13-12-21(15-16-7-3-1-4-8-16)20(23)19-18(11-14-24-19)17-9-5-2-6-10-17/h1-11,14,22H,12-13,15H2. The quantitative estimate of drug-likeness (QED) is 0.755. The number of carbonyl (C=O) groups excluding carboxylic acids is 1. The minimum absolute atomic E-state index is 0.0973. The minimum Gasteiger partial charge on any atom is -0.459 e. The van der Waals surface area contributed by atoms with E-state index in [1.165, 1.54) is 6.26 Å². The van der Waals surface area contributed by atoms with E-state index in [9.17, 15) is 9.90 Å². The van der Waals surface area contributed by atoms with E-state index in [-0.39, 0.29) is 19.1 Å². The van der Waals surface area contributed by atoms with Crippen molar-refractivity contribution in [3.8, 4) is 11.1 Å². The highest BCUT2D eigenvalue weighted by Gasteiger charge is 2.22. The molecule has 3 rings (SSSR count). The van der Waals surface area contributed by atoms with Gasteiger partial charge in [-0.1, -0.05) is 60.7 Å². The minimum atomic E-state index is -0.225. The predicted octanol–water partition coefficient (Wildman–Crippen LogP) is 3.58. The van der Waals surface area contributed by atoms with Gasteiger partial charge in [-0.05, 0) is 17.2 Å². The van der Waals surface area contributed by atoms with E-state index in [4.69, 9.17) is 4.42 Å². The molecule has 0 radical (unpaired) electrons. The summed E-state index contributed by atoms with van der Waals surface area (Å²) in [7, 11) is 0. The number of hydrogen-bond donors (Lipinski definition) is 1. The Morgan fingerprint density at radius 1 is 0.958 bits per heavy atom. The number of benzene rings is 2. The smallest absolute Gasteiger partial charge is 0.290 e. The van der Waals surface area contributed by atoms with E-state index in [2.05, 4.69) is 0 Å². The summed E-state index contributed by atoms with van der Waals surface area (Å²) in [5.74, 6) is 0.0716. The first-order valence-electron chi connectivity index (χ1n) is 7.86. The predicted molar refractivity (Wildman–Crippen MR) is 92.4 cm³/mol. The van der Waals surface area contributed by atoms with Crippen LogP contribution in [0.5, 0.6) is 0 Å². The summed E-state index contributed by atoms with van der Waals surface area (Å²) in [6.07, 6.45) is 1.52. The number of aliphatic hydroxyl groups is 1. The van der Waals surface area contributed by atoms with Crippen molar-refractivity contribution in [2.24, 2.45) is 0 Å². The SMILES string of the molecule is O=C(c1occc1-c1ccccc1)N(CCO)Cc1ccccc1. The number of nitrogens with zero attached hydrogens (tertiary/aromatic N) is 1. The lowest BCUT2D eigenvalue weighted by Crippen LogP contribution is -2.33. The first kappa shape index (κ1) is 16.0. The summed E-state index contributed by atoms with van der Waals surface area (Å²) in [4.78, 5) is 14.5. The molecule has 1 N–H and O–H groups in total. The van der Waals surface area contributed by atoms with Gasteiger partial charge in [0.1, 0.15) is 0 Å². The van der Waals surface area contributed by atoms with Gasteiger partial charge in [0.05, 0.1) is 12.9 Å². The lowest BCUT2D eigenvalue weighted by Gasteiger charge is -2.21. The van der Waals surface area contributed by atoms with E-state index in [0.29, 0.717) is 12.3 Å². The van der Waals surface area contributed by atoms with Gasteiger partial charge in [-0.25, -0.2) is 0 Å². The van der Waals surface area contributed by atoms with Gasteiger partial charge in [-0.3, -0.25) is 4.79 Å². The lowest BCUT2D eigenvalue weighted by molar-refractivity contribution is 0.0677. The Morgan fingerprint density at radius 2 is 1.62 bits per heavy atom. The van der Waals surface area contributed by atoms with E-state index in [0.717, 1.165) is 16.7 Å². The van der Waals surface area contributed by atoms with Crippen LogP contribution in [-0.2, 0) is 6.54 Å². The van der Waals surface area contributed by atoms with Crippen molar-refractivity contribution in [3.63, 3.8) is 0 Å². The Bertz CT molecular complexity index is 781. The van der Waals surface area contributed by atoms with Crippen LogP contribution in [0.15, 0.2) is 77.4 Å². The third-order valence-electron chi connectivity index (χ3n) is 3.82. The number of amides is 1. The molecular weight excluding hydrogens is 302 g/mol. The molecule has 0 fully saturated rings. The van der Waals surface area contributed by atoms with Crippen LogP contribution in [0.2, 0.25) is 0 Å². The van der Waals surface area contributed by atoms with Crippen molar-refractivity contribution in [2.75, 3.05) is 13.2 Å². The molecule has 1 amide bonds. The normalized spacial score (nSPS) is 10.5. The molecule has 24 heavy (non-hydrogen) atoms. The Morgan fingerprint density at radius 3 is 2.29 bits per heavy atom. The van der Waals surface area contributed by atoms with Gasteiger partial charge in [0, 0.05) is 18.7 Å². The van der Waals surface area contributed by atoms with Gasteiger partial charge >= 0.3 is 0 Å². The number of carbonyl (C=O) groups is 1. The van der Waals surface area contributed by atoms with Gasteiger partial charge in [0.2, 0.25) is 0 Å². The first-order chi connectivity index (χ1) is 11.8. The van der Waals surface area contributed by atoms with E-state index >= 15 is 0 Å². The molecule has 2 aromatic carbocycles. The molecule has 0 aliphatic heterocycles. The summed E-state index contributed by atoms with van der Waals surface area (Å²) >= 11 is 0. The zero-order chi connectivity index (χ0) is 16.8. The molecule has 0 aliphatic carbocycles. The molecule has 0 spiro atoms. The Kier molecular flexibility index (Phi) is 5.08. The van der Waals surface area contributed by atoms with E-state index in [1.807, 2.05) is 60.7 Å². The topological polar surface area (TPSA) is 53.7 Å². The molecule has 1 heterocycles. The molecule has 0 saturated heterocycles. The molecule has 0 bridgehead atoms. The molecule has 0 unspecified atom stereocenters. The van der Waals surface area contributed by atoms with Gasteiger partial charge in [0.15, 0.2) is 5.76 Å². The zero-order valence-electron chi connectivity index (χ0n) is 13.3. The van der Waals surface area contributed by atoms with Crippen LogP contribution in [0.3, 0.4) is 0 Å². The summed E-state index contributed by atoms with van der Waals surface area (Å²) in [5, 5.41) is 9.32. The van der Waals surface area contributed by atoms with E-state index < -0.39 is 0 Å². The van der Waals surface area contributed by atoms with E-state index in [1.54, 1.807) is 11.0 Å². The second-order valence-corrected chi connectivity index (χ2v) is 5.47. The molecule has 122 valence electrons. The van der Waals surface area contributed by atoms with Crippen molar-refractivity contribution in [1.29, 1.82) is 0 Å². The van der Waals surface area contributed by atoms with Crippen LogP contribution in [-0.4, -0.2) is 29.1 Å². The summed E-state index contributed by atoms with van der Waals surface area (Å²) < 4.78 is 5.47. The van der Waals surface area contributed by atoms with Gasteiger partial charge in [-0.15, -0.1) is 0 Å². The number of furan rings is 1. The van der Waals surface area contributed by atoms with Gasteiger partial charge < -0.3 is 14.4 Å². The number of rotatable bonds is 6. The van der Waals surface area contributed by atoms with Crippen LogP contribution in [0.25, 0.3) is 11.1 Å². The molecule has 0 atom stereocenters. The molecule has 0 aliphatic rings. The van der Waals surface area contributed by atoms with Crippen molar-refractivity contribution < 1.29 is 14.3 Å². The van der Waals surface area contributed by atoms with Gasteiger partial charge in [0.25, 0.3) is 5.91 Å². The molecular formula is C20H19NO3. The molecule has 4 nitrogen and oxygen atoms in total. The van der Waals surface area contributed by atoms with Crippen LogP contribution in [0.4, 0.5) is 0 Å². The van der Waals surface area contributed by atoms with Crippen molar-refractivity contribution >= 4 is 5.91 Å². The fraction of sp³-hybridized carbons (Fsp3) is 0.150. The highest BCUT2D eigenvalue weighted by molar-refractivity contribution is 5.98. The zero-order valence-corrected chi connectivity index (χ0v) is 13.3. The molecule has 1 aromatic heterocycles.